The van der Waals surface area contributed by atoms with Gasteiger partial charge in [-0.3, -0.25) is 0 Å². The first-order valence-electron chi connectivity index (χ1n) is 5.65. The Bertz CT molecular complexity index is 695. The van der Waals surface area contributed by atoms with Gasteiger partial charge in [0, 0.05) is 4.47 Å². The van der Waals surface area contributed by atoms with Gasteiger partial charge in [0.2, 0.25) is 0 Å². The fourth-order valence-corrected chi connectivity index (χ4v) is 3.32. The van der Waals surface area contributed by atoms with Crippen molar-refractivity contribution in [2.75, 3.05) is 0 Å². The summed E-state index contributed by atoms with van der Waals surface area (Å²) in [5.41, 5.74) is 1.01. The van der Waals surface area contributed by atoms with E-state index in [1.165, 1.54) is 4.70 Å². The lowest BCUT2D eigenvalue weighted by atomic mass is 10.3. The maximum absolute atomic E-state index is 6.10. The molecule has 0 saturated carbocycles. The van der Waals surface area contributed by atoms with Crippen molar-refractivity contribution in [1.29, 1.82) is 0 Å². The van der Waals surface area contributed by atoms with Gasteiger partial charge in [-0.1, -0.05) is 39.7 Å². The van der Waals surface area contributed by atoms with Crippen LogP contribution in [-0.4, -0.2) is 4.98 Å². The Balaban J connectivity index is 1.78. The van der Waals surface area contributed by atoms with Gasteiger partial charge in [-0.2, -0.15) is 0 Å². The molecule has 0 aliphatic carbocycles. The molecule has 0 amide bonds. The predicted octanol–water partition coefficient (Wildman–Crippen LogP) is 5.29. The van der Waals surface area contributed by atoms with E-state index in [-0.39, 0.29) is 0 Å². The molecular weight excluding hydrogens is 346 g/mol. The number of fused-ring (bicyclic) bond motifs is 1. The van der Waals surface area contributed by atoms with E-state index in [9.17, 15) is 0 Å². The van der Waals surface area contributed by atoms with Crippen molar-refractivity contribution in [1.82, 2.24) is 4.98 Å². The van der Waals surface area contributed by atoms with Gasteiger partial charge in [-0.05, 0) is 30.3 Å². The number of halogens is 2. The maximum atomic E-state index is 6.10. The maximum Gasteiger partial charge on any atom is 0.140 e. The number of aromatic nitrogens is 1. The topological polar surface area (TPSA) is 22.1 Å². The molecule has 0 N–H and O–H groups in total. The third-order valence-corrected chi connectivity index (χ3v) is 4.38. The molecule has 3 rings (SSSR count). The first kappa shape index (κ1) is 12.9. The third kappa shape index (κ3) is 2.91. The zero-order valence-corrected chi connectivity index (χ0v) is 12.9. The summed E-state index contributed by atoms with van der Waals surface area (Å²) in [5.74, 6) is 0.670. The van der Waals surface area contributed by atoms with Crippen LogP contribution in [0.25, 0.3) is 10.2 Å². The summed E-state index contributed by atoms with van der Waals surface area (Å²) in [5, 5.41) is 1.54. The number of thiazole rings is 1. The SMILES string of the molecule is Clc1cc(Br)ccc1OCc1nc2ccccc2s1. The van der Waals surface area contributed by atoms with E-state index < -0.39 is 0 Å². The Morgan fingerprint density at radius 3 is 2.84 bits per heavy atom. The van der Waals surface area contributed by atoms with Crippen LogP contribution in [0.2, 0.25) is 5.02 Å². The van der Waals surface area contributed by atoms with Crippen molar-refractivity contribution >= 4 is 49.1 Å². The van der Waals surface area contributed by atoms with Gasteiger partial charge in [0.1, 0.15) is 17.4 Å². The molecule has 5 heteroatoms. The summed E-state index contributed by atoms with van der Waals surface area (Å²) in [7, 11) is 0. The highest BCUT2D eigenvalue weighted by atomic mass is 79.9. The minimum atomic E-state index is 0.431. The van der Waals surface area contributed by atoms with E-state index >= 15 is 0 Å². The normalized spacial score (nSPS) is 10.8. The summed E-state index contributed by atoms with van der Waals surface area (Å²) in [4.78, 5) is 4.52. The van der Waals surface area contributed by atoms with E-state index in [2.05, 4.69) is 27.0 Å². The monoisotopic (exact) mass is 353 g/mol. The molecule has 0 unspecified atom stereocenters. The average Bonchev–Trinajstić information content (AvgIpc) is 2.80. The highest BCUT2D eigenvalue weighted by molar-refractivity contribution is 9.10. The van der Waals surface area contributed by atoms with E-state index in [0.29, 0.717) is 17.4 Å². The number of nitrogens with zero attached hydrogens (tertiary/aromatic N) is 1. The van der Waals surface area contributed by atoms with Crippen molar-refractivity contribution in [3.05, 3.63) is 57.0 Å². The number of benzene rings is 2. The van der Waals surface area contributed by atoms with Crippen molar-refractivity contribution in [3.8, 4) is 5.75 Å². The van der Waals surface area contributed by atoms with Gasteiger partial charge < -0.3 is 4.74 Å². The predicted molar refractivity (Wildman–Crippen MR) is 83.1 cm³/mol. The smallest absolute Gasteiger partial charge is 0.140 e. The molecule has 0 bridgehead atoms. The highest BCUT2D eigenvalue weighted by Gasteiger charge is 2.06. The summed E-state index contributed by atoms with van der Waals surface area (Å²) in [6, 6.07) is 13.6. The van der Waals surface area contributed by atoms with Crippen LogP contribution in [0.5, 0.6) is 5.75 Å². The lowest BCUT2D eigenvalue weighted by molar-refractivity contribution is 0.306. The number of para-hydroxylation sites is 1. The van der Waals surface area contributed by atoms with Crippen LogP contribution >= 0.6 is 38.9 Å². The van der Waals surface area contributed by atoms with Gasteiger partial charge in [-0.25, -0.2) is 4.98 Å². The molecule has 0 aliphatic heterocycles. The molecule has 0 radical (unpaired) electrons. The van der Waals surface area contributed by atoms with Gasteiger partial charge in [-0.15, -0.1) is 11.3 Å². The van der Waals surface area contributed by atoms with E-state index in [4.69, 9.17) is 16.3 Å². The molecule has 0 spiro atoms. The molecule has 0 aliphatic rings. The Kier molecular flexibility index (Phi) is 3.73. The quantitative estimate of drug-likeness (QED) is 0.637. The van der Waals surface area contributed by atoms with Crippen LogP contribution in [0.15, 0.2) is 46.9 Å². The molecule has 2 nitrogen and oxygen atoms in total. The minimum Gasteiger partial charge on any atom is -0.485 e. The minimum absolute atomic E-state index is 0.431. The molecule has 3 aromatic rings. The molecule has 1 heterocycles. The first-order valence-corrected chi connectivity index (χ1v) is 7.63. The fourth-order valence-electron chi connectivity index (χ4n) is 1.71. The lowest BCUT2D eigenvalue weighted by Crippen LogP contribution is -1.95. The Labute approximate surface area is 128 Å². The van der Waals surface area contributed by atoms with Crippen molar-refractivity contribution in [2.24, 2.45) is 0 Å². The second-order valence-electron chi connectivity index (χ2n) is 3.94. The Morgan fingerprint density at radius 1 is 1.21 bits per heavy atom. The molecular formula is C14H9BrClNOS. The average molecular weight is 355 g/mol. The molecule has 96 valence electrons. The van der Waals surface area contributed by atoms with Gasteiger partial charge in [0.25, 0.3) is 0 Å². The number of hydrogen-bond acceptors (Lipinski definition) is 3. The molecule has 1 aromatic heterocycles. The molecule has 19 heavy (non-hydrogen) atoms. The largest absolute Gasteiger partial charge is 0.485 e. The van der Waals surface area contributed by atoms with Crippen LogP contribution in [-0.2, 0) is 6.61 Å². The van der Waals surface area contributed by atoms with Gasteiger partial charge >= 0.3 is 0 Å². The summed E-state index contributed by atoms with van der Waals surface area (Å²) >= 11 is 11.1. The van der Waals surface area contributed by atoms with Crippen LogP contribution in [0.1, 0.15) is 5.01 Å². The van der Waals surface area contributed by atoms with Crippen molar-refractivity contribution in [3.63, 3.8) is 0 Å². The molecule has 0 fully saturated rings. The third-order valence-electron chi connectivity index (χ3n) is 2.58. The number of hydrogen-bond donors (Lipinski definition) is 0. The molecule has 0 atom stereocenters. The van der Waals surface area contributed by atoms with Crippen LogP contribution in [0, 0.1) is 0 Å². The summed E-state index contributed by atoms with van der Waals surface area (Å²) in [6.45, 7) is 0.431. The van der Waals surface area contributed by atoms with Crippen LogP contribution < -0.4 is 4.74 Å². The second kappa shape index (κ2) is 5.49. The summed E-state index contributed by atoms with van der Waals surface area (Å²) in [6.07, 6.45) is 0. The van der Waals surface area contributed by atoms with E-state index in [0.717, 1.165) is 15.0 Å². The fraction of sp³-hybridized carbons (Fsp3) is 0.0714. The Morgan fingerprint density at radius 2 is 2.05 bits per heavy atom. The van der Waals surface area contributed by atoms with Gasteiger partial charge in [0.05, 0.1) is 15.2 Å². The second-order valence-corrected chi connectivity index (χ2v) is 6.38. The van der Waals surface area contributed by atoms with Crippen molar-refractivity contribution in [2.45, 2.75) is 6.61 Å². The van der Waals surface area contributed by atoms with Crippen LogP contribution in [0.4, 0.5) is 0 Å². The Hall–Kier alpha value is -1.10. The van der Waals surface area contributed by atoms with Gasteiger partial charge in [0.15, 0.2) is 0 Å². The molecule has 0 saturated heterocycles. The molecule has 2 aromatic carbocycles. The standard InChI is InChI=1S/C14H9BrClNOS/c15-9-5-6-12(10(16)7-9)18-8-14-17-11-3-1-2-4-13(11)19-14/h1-7H,8H2. The zero-order chi connectivity index (χ0) is 13.2. The highest BCUT2D eigenvalue weighted by Crippen LogP contribution is 2.29. The van der Waals surface area contributed by atoms with E-state index in [1.807, 2.05) is 36.4 Å². The zero-order valence-electron chi connectivity index (χ0n) is 9.77. The lowest BCUT2D eigenvalue weighted by Gasteiger charge is -2.06. The number of rotatable bonds is 3. The number of ether oxygens (including phenoxy) is 1. The van der Waals surface area contributed by atoms with Crippen LogP contribution in [0.3, 0.4) is 0 Å². The first-order chi connectivity index (χ1) is 9.22. The summed E-state index contributed by atoms with van der Waals surface area (Å²) < 4.78 is 7.81. The van der Waals surface area contributed by atoms with E-state index in [1.54, 1.807) is 11.3 Å². The van der Waals surface area contributed by atoms with Crippen molar-refractivity contribution < 1.29 is 4.74 Å².